The van der Waals surface area contributed by atoms with Gasteiger partial charge in [0.2, 0.25) is 0 Å². The molecule has 1 unspecified atom stereocenters. The van der Waals surface area contributed by atoms with Crippen LogP contribution in [-0.4, -0.2) is 34.0 Å². The zero-order chi connectivity index (χ0) is 16.9. The van der Waals surface area contributed by atoms with E-state index < -0.39 is 5.97 Å². The number of likely N-dealkylation sites (tertiary alicyclic amines) is 1. The summed E-state index contributed by atoms with van der Waals surface area (Å²) in [6, 6.07) is 14.8. The summed E-state index contributed by atoms with van der Waals surface area (Å²) in [7, 11) is 0. The molecule has 0 radical (unpaired) electrons. The number of pyridine rings is 1. The molecule has 1 N–H and O–H groups in total. The Morgan fingerprint density at radius 3 is 2.46 bits per heavy atom. The largest absolute Gasteiger partial charge is 0.481 e. The first kappa shape index (κ1) is 16.7. The molecule has 0 amide bonds. The topological polar surface area (TPSA) is 53.4 Å². The van der Waals surface area contributed by atoms with Crippen molar-refractivity contribution >= 4 is 5.97 Å². The Hall–Kier alpha value is -2.20. The molecule has 0 aliphatic carbocycles. The Bertz CT molecular complexity index is 662. The summed E-state index contributed by atoms with van der Waals surface area (Å²) < 4.78 is 0. The van der Waals surface area contributed by atoms with Crippen molar-refractivity contribution in [3.05, 3.63) is 65.5 Å². The minimum Gasteiger partial charge on any atom is -0.481 e. The van der Waals surface area contributed by atoms with Crippen molar-refractivity contribution in [2.75, 3.05) is 13.1 Å². The fourth-order valence-corrected chi connectivity index (χ4v) is 3.45. The van der Waals surface area contributed by atoms with Crippen LogP contribution in [0.1, 0.15) is 42.6 Å². The molecular formula is C20H24N2O2. The van der Waals surface area contributed by atoms with E-state index in [1.54, 1.807) is 0 Å². The van der Waals surface area contributed by atoms with E-state index in [9.17, 15) is 9.90 Å². The lowest BCUT2D eigenvalue weighted by Crippen LogP contribution is -2.39. The summed E-state index contributed by atoms with van der Waals surface area (Å²) in [5, 5.41) is 9.22. The summed E-state index contributed by atoms with van der Waals surface area (Å²) in [6.45, 7) is 3.73. The first-order valence-corrected chi connectivity index (χ1v) is 8.65. The third-order valence-electron chi connectivity index (χ3n) is 4.92. The molecule has 1 aliphatic rings. The number of rotatable bonds is 5. The Balaban J connectivity index is 1.87. The lowest BCUT2D eigenvalue weighted by Gasteiger charge is -2.36. The smallest absolute Gasteiger partial charge is 0.306 e. The highest BCUT2D eigenvalue weighted by atomic mass is 16.4. The van der Waals surface area contributed by atoms with Crippen molar-refractivity contribution in [2.45, 2.75) is 32.2 Å². The van der Waals surface area contributed by atoms with Gasteiger partial charge in [0.25, 0.3) is 0 Å². The maximum atomic E-state index is 11.2. The quantitative estimate of drug-likeness (QED) is 0.914. The highest BCUT2D eigenvalue weighted by molar-refractivity contribution is 5.70. The number of carbonyl (C=O) groups is 1. The van der Waals surface area contributed by atoms with E-state index in [2.05, 4.69) is 47.1 Å². The number of aliphatic carboxylic acids is 1. The number of carboxylic acids is 1. The molecule has 0 bridgehead atoms. The number of aryl methyl sites for hydroxylation is 1. The van der Waals surface area contributed by atoms with Gasteiger partial charge in [-0.15, -0.1) is 0 Å². The number of hydrogen-bond acceptors (Lipinski definition) is 3. The fourth-order valence-electron chi connectivity index (χ4n) is 3.45. The number of carboxylic acid groups (broad SMARTS) is 1. The summed E-state index contributed by atoms with van der Waals surface area (Å²) in [4.78, 5) is 18.1. The molecule has 0 spiro atoms. The molecule has 4 heteroatoms. The molecule has 1 fully saturated rings. The first-order chi connectivity index (χ1) is 11.7. The van der Waals surface area contributed by atoms with Gasteiger partial charge in [-0.25, -0.2) is 0 Å². The molecule has 3 rings (SSSR count). The van der Waals surface area contributed by atoms with Crippen molar-refractivity contribution in [1.82, 2.24) is 9.88 Å². The minimum atomic E-state index is -0.670. The molecule has 1 atom stereocenters. The molecule has 1 aliphatic heterocycles. The van der Waals surface area contributed by atoms with Gasteiger partial charge in [0, 0.05) is 6.20 Å². The number of hydrogen-bond donors (Lipinski definition) is 1. The minimum absolute atomic E-state index is 0.0897. The van der Waals surface area contributed by atoms with Crippen molar-refractivity contribution in [3.8, 4) is 0 Å². The Morgan fingerprint density at radius 2 is 1.92 bits per heavy atom. The van der Waals surface area contributed by atoms with Gasteiger partial charge in [0.15, 0.2) is 0 Å². The van der Waals surface area contributed by atoms with E-state index in [-0.39, 0.29) is 12.0 Å². The van der Waals surface area contributed by atoms with Crippen LogP contribution in [0.5, 0.6) is 0 Å². The molecule has 2 aromatic rings. The van der Waals surface area contributed by atoms with Crippen LogP contribution >= 0.6 is 0 Å². The predicted molar refractivity (Wildman–Crippen MR) is 93.8 cm³/mol. The Kier molecular flexibility index (Phi) is 5.26. The zero-order valence-corrected chi connectivity index (χ0v) is 14.1. The molecule has 1 aromatic carbocycles. The van der Waals surface area contributed by atoms with Crippen molar-refractivity contribution in [2.24, 2.45) is 5.92 Å². The van der Waals surface area contributed by atoms with Crippen LogP contribution in [0, 0.1) is 5.92 Å². The third kappa shape index (κ3) is 3.65. The van der Waals surface area contributed by atoms with E-state index in [0.29, 0.717) is 12.8 Å². The van der Waals surface area contributed by atoms with Gasteiger partial charge in [-0.05, 0) is 55.6 Å². The van der Waals surface area contributed by atoms with E-state index in [0.717, 1.165) is 25.2 Å². The molecule has 0 saturated carbocycles. The molecule has 126 valence electrons. The lowest BCUT2D eigenvalue weighted by atomic mass is 9.92. The van der Waals surface area contributed by atoms with Gasteiger partial charge in [0.05, 0.1) is 17.7 Å². The maximum Gasteiger partial charge on any atom is 0.306 e. The van der Waals surface area contributed by atoms with Crippen LogP contribution in [-0.2, 0) is 11.2 Å². The van der Waals surface area contributed by atoms with Crippen molar-refractivity contribution in [3.63, 3.8) is 0 Å². The second kappa shape index (κ2) is 7.58. The van der Waals surface area contributed by atoms with Gasteiger partial charge in [-0.1, -0.05) is 37.3 Å². The second-order valence-corrected chi connectivity index (χ2v) is 6.40. The van der Waals surface area contributed by atoms with Crippen molar-refractivity contribution in [1.29, 1.82) is 0 Å². The number of piperidine rings is 1. The van der Waals surface area contributed by atoms with Crippen LogP contribution in [0.4, 0.5) is 0 Å². The van der Waals surface area contributed by atoms with Gasteiger partial charge < -0.3 is 5.11 Å². The number of nitrogens with zero attached hydrogens (tertiary/aromatic N) is 2. The average molecular weight is 324 g/mol. The summed E-state index contributed by atoms with van der Waals surface area (Å²) in [5.74, 6) is -0.885. The molecule has 1 saturated heterocycles. The normalized spacial score (nSPS) is 17.5. The van der Waals surface area contributed by atoms with Crippen LogP contribution < -0.4 is 0 Å². The van der Waals surface area contributed by atoms with E-state index in [1.807, 2.05) is 18.3 Å². The highest BCUT2D eigenvalue weighted by Crippen LogP contribution is 2.31. The third-order valence-corrected chi connectivity index (χ3v) is 4.92. The molecular weight excluding hydrogens is 300 g/mol. The van der Waals surface area contributed by atoms with Crippen LogP contribution in [0.15, 0.2) is 48.7 Å². The summed E-state index contributed by atoms with van der Waals surface area (Å²) in [6.07, 6.45) is 4.25. The van der Waals surface area contributed by atoms with Crippen LogP contribution in [0.3, 0.4) is 0 Å². The molecule has 1 aromatic heterocycles. The average Bonchev–Trinajstić information content (AvgIpc) is 2.64. The summed E-state index contributed by atoms with van der Waals surface area (Å²) >= 11 is 0. The summed E-state index contributed by atoms with van der Waals surface area (Å²) in [5.41, 5.74) is 3.57. The Labute approximate surface area is 143 Å². The van der Waals surface area contributed by atoms with Gasteiger partial charge in [-0.2, -0.15) is 0 Å². The van der Waals surface area contributed by atoms with Crippen LogP contribution in [0.2, 0.25) is 0 Å². The van der Waals surface area contributed by atoms with E-state index >= 15 is 0 Å². The Morgan fingerprint density at radius 1 is 1.21 bits per heavy atom. The maximum absolute atomic E-state index is 11.2. The van der Waals surface area contributed by atoms with E-state index in [1.165, 1.54) is 11.1 Å². The standard InChI is InChI=1S/C20H24N2O2/c1-2-15-6-8-16(9-7-15)19(18-5-3-4-12-21-18)22-13-10-17(11-14-22)20(23)24/h3-9,12,17,19H,2,10-11,13-14H2,1H3,(H,23,24). The monoisotopic (exact) mass is 324 g/mol. The SMILES string of the molecule is CCc1ccc(C(c2ccccn2)N2CCC(C(=O)O)CC2)cc1. The first-order valence-electron chi connectivity index (χ1n) is 8.65. The zero-order valence-electron chi connectivity index (χ0n) is 14.1. The van der Waals surface area contributed by atoms with Gasteiger partial charge in [-0.3, -0.25) is 14.7 Å². The molecule has 4 nitrogen and oxygen atoms in total. The van der Waals surface area contributed by atoms with Gasteiger partial charge >= 0.3 is 5.97 Å². The molecule has 24 heavy (non-hydrogen) atoms. The van der Waals surface area contributed by atoms with E-state index in [4.69, 9.17) is 0 Å². The van der Waals surface area contributed by atoms with Gasteiger partial charge in [0.1, 0.15) is 0 Å². The highest BCUT2D eigenvalue weighted by Gasteiger charge is 2.30. The lowest BCUT2D eigenvalue weighted by molar-refractivity contribution is -0.143. The van der Waals surface area contributed by atoms with Crippen molar-refractivity contribution < 1.29 is 9.90 Å². The predicted octanol–water partition coefficient (Wildman–Crippen LogP) is 3.53. The number of benzene rings is 1. The molecule has 2 heterocycles. The second-order valence-electron chi connectivity index (χ2n) is 6.40. The number of aromatic nitrogens is 1. The van der Waals surface area contributed by atoms with Crippen LogP contribution in [0.25, 0.3) is 0 Å². The fraction of sp³-hybridized carbons (Fsp3) is 0.400.